The Bertz CT molecular complexity index is 1270. The summed E-state index contributed by atoms with van der Waals surface area (Å²) in [5.41, 5.74) is 7.61. The zero-order chi connectivity index (χ0) is 27.8. The lowest BCUT2D eigenvalue weighted by atomic mass is 9.81. The van der Waals surface area contributed by atoms with E-state index in [0.717, 1.165) is 19.6 Å². The lowest BCUT2D eigenvalue weighted by molar-refractivity contribution is -0.139. The lowest BCUT2D eigenvalue weighted by Crippen LogP contribution is -2.40. The van der Waals surface area contributed by atoms with Crippen molar-refractivity contribution in [1.82, 2.24) is 4.90 Å². The fourth-order valence-corrected chi connectivity index (χ4v) is 5.13. The maximum atomic E-state index is 13.2. The van der Waals surface area contributed by atoms with Gasteiger partial charge < -0.3 is 19.9 Å². The SMILES string of the molecule is COC(=O)C1=C(C(=O)OC)N(c2ccc(OCCN3CCCCCC3)cc2)C(N)=C(C#N)C1c1ccccc1. The number of allylic oxidation sites excluding steroid dienone is 1. The molecule has 9 nitrogen and oxygen atoms in total. The number of nitriles is 1. The topological polar surface area (TPSA) is 118 Å². The third-order valence-electron chi connectivity index (χ3n) is 7.08. The number of likely N-dealkylation sites (tertiary alicyclic amines) is 1. The van der Waals surface area contributed by atoms with Crippen LogP contribution >= 0.6 is 0 Å². The number of anilines is 1. The summed E-state index contributed by atoms with van der Waals surface area (Å²) in [7, 11) is 2.45. The summed E-state index contributed by atoms with van der Waals surface area (Å²) in [5, 5.41) is 10.1. The van der Waals surface area contributed by atoms with Gasteiger partial charge in [-0.25, -0.2) is 9.59 Å². The molecule has 0 aromatic heterocycles. The predicted octanol–water partition coefficient (Wildman–Crippen LogP) is 3.84. The largest absolute Gasteiger partial charge is 0.492 e. The van der Waals surface area contributed by atoms with E-state index in [1.54, 1.807) is 48.5 Å². The molecule has 0 saturated carbocycles. The summed E-state index contributed by atoms with van der Waals surface area (Å²) >= 11 is 0. The number of methoxy groups -OCH3 is 2. The Hall–Kier alpha value is -4.29. The van der Waals surface area contributed by atoms with E-state index >= 15 is 0 Å². The first-order valence-electron chi connectivity index (χ1n) is 13.1. The monoisotopic (exact) mass is 530 g/mol. The summed E-state index contributed by atoms with van der Waals surface area (Å²) in [5.74, 6) is -1.77. The summed E-state index contributed by atoms with van der Waals surface area (Å²) in [6, 6.07) is 18.1. The Morgan fingerprint density at radius 2 is 1.59 bits per heavy atom. The van der Waals surface area contributed by atoms with E-state index in [1.165, 1.54) is 44.8 Å². The van der Waals surface area contributed by atoms with Crippen LogP contribution in [0.25, 0.3) is 0 Å². The molecule has 1 unspecified atom stereocenters. The van der Waals surface area contributed by atoms with Crippen LogP contribution in [-0.4, -0.2) is 57.3 Å². The molecule has 9 heteroatoms. The van der Waals surface area contributed by atoms with Gasteiger partial charge in [-0.2, -0.15) is 5.26 Å². The molecule has 39 heavy (non-hydrogen) atoms. The van der Waals surface area contributed by atoms with Crippen molar-refractivity contribution < 1.29 is 23.8 Å². The first kappa shape index (κ1) is 27.7. The van der Waals surface area contributed by atoms with Crippen LogP contribution < -0.4 is 15.4 Å². The van der Waals surface area contributed by atoms with Crippen LogP contribution in [0.1, 0.15) is 37.2 Å². The zero-order valence-electron chi connectivity index (χ0n) is 22.4. The van der Waals surface area contributed by atoms with E-state index in [-0.39, 0.29) is 22.7 Å². The third kappa shape index (κ3) is 6.07. The maximum Gasteiger partial charge on any atom is 0.355 e. The van der Waals surface area contributed by atoms with Crippen LogP contribution in [0, 0.1) is 11.3 Å². The van der Waals surface area contributed by atoms with Gasteiger partial charge in [-0.1, -0.05) is 43.2 Å². The van der Waals surface area contributed by atoms with E-state index < -0.39 is 17.9 Å². The number of benzene rings is 2. The average molecular weight is 531 g/mol. The second kappa shape index (κ2) is 13.0. The van der Waals surface area contributed by atoms with Gasteiger partial charge >= 0.3 is 11.9 Å². The van der Waals surface area contributed by atoms with Crippen molar-refractivity contribution in [2.75, 3.05) is 45.4 Å². The first-order valence-corrected chi connectivity index (χ1v) is 13.1. The minimum atomic E-state index is -0.907. The molecule has 0 radical (unpaired) electrons. The number of carbonyl (C=O) groups excluding carboxylic acids is 2. The molecule has 0 spiro atoms. The molecular formula is C30H34N4O5. The normalized spacial score (nSPS) is 18.3. The number of hydrogen-bond acceptors (Lipinski definition) is 9. The Kier molecular flexibility index (Phi) is 9.23. The smallest absolute Gasteiger partial charge is 0.355 e. The van der Waals surface area contributed by atoms with Crippen molar-refractivity contribution in [2.24, 2.45) is 5.73 Å². The zero-order valence-corrected chi connectivity index (χ0v) is 22.4. The molecular weight excluding hydrogens is 496 g/mol. The molecule has 0 amide bonds. The van der Waals surface area contributed by atoms with Gasteiger partial charge in [0.25, 0.3) is 0 Å². The number of carbonyl (C=O) groups is 2. The van der Waals surface area contributed by atoms with E-state index in [4.69, 9.17) is 19.9 Å². The highest BCUT2D eigenvalue weighted by Crippen LogP contribution is 2.43. The van der Waals surface area contributed by atoms with Crippen LogP contribution in [0.3, 0.4) is 0 Å². The Morgan fingerprint density at radius 1 is 0.949 bits per heavy atom. The molecule has 2 heterocycles. The van der Waals surface area contributed by atoms with Gasteiger partial charge in [0.15, 0.2) is 0 Å². The van der Waals surface area contributed by atoms with Crippen molar-refractivity contribution in [1.29, 1.82) is 5.26 Å². The van der Waals surface area contributed by atoms with Crippen LogP contribution in [0.15, 0.2) is 77.3 Å². The number of rotatable bonds is 8. The Labute approximate surface area is 229 Å². The minimum absolute atomic E-state index is 0.0224. The molecule has 204 valence electrons. The Balaban J connectivity index is 1.68. The predicted molar refractivity (Wildman–Crippen MR) is 146 cm³/mol. The van der Waals surface area contributed by atoms with Gasteiger partial charge in [-0.05, 0) is 55.8 Å². The second-order valence-electron chi connectivity index (χ2n) is 9.43. The highest BCUT2D eigenvalue weighted by atomic mass is 16.5. The van der Waals surface area contributed by atoms with Crippen molar-refractivity contribution in [2.45, 2.75) is 31.6 Å². The summed E-state index contributed by atoms with van der Waals surface area (Å²) in [6.45, 7) is 3.61. The number of nitrogens with two attached hydrogens (primary N) is 1. The number of hydrogen-bond donors (Lipinski definition) is 1. The molecule has 2 aliphatic heterocycles. The van der Waals surface area contributed by atoms with Gasteiger partial charge in [-0.3, -0.25) is 9.80 Å². The van der Waals surface area contributed by atoms with Gasteiger partial charge in [0, 0.05) is 12.2 Å². The number of nitrogens with zero attached hydrogens (tertiary/aromatic N) is 3. The summed E-state index contributed by atoms with van der Waals surface area (Å²) < 4.78 is 16.1. The van der Waals surface area contributed by atoms with Crippen LogP contribution in [0.2, 0.25) is 0 Å². The van der Waals surface area contributed by atoms with Gasteiger partial charge in [0.05, 0.1) is 37.4 Å². The van der Waals surface area contributed by atoms with Crippen LogP contribution in [-0.2, 0) is 19.1 Å². The van der Waals surface area contributed by atoms with Crippen molar-refractivity contribution in [3.05, 3.63) is 82.8 Å². The van der Waals surface area contributed by atoms with E-state index in [2.05, 4.69) is 11.0 Å². The van der Waals surface area contributed by atoms with Crippen molar-refractivity contribution in [3.8, 4) is 11.8 Å². The lowest BCUT2D eigenvalue weighted by Gasteiger charge is -2.35. The Morgan fingerprint density at radius 3 is 2.18 bits per heavy atom. The fourth-order valence-electron chi connectivity index (χ4n) is 5.13. The highest BCUT2D eigenvalue weighted by Gasteiger charge is 2.42. The van der Waals surface area contributed by atoms with E-state index in [1.807, 2.05) is 6.07 Å². The van der Waals surface area contributed by atoms with Crippen LogP contribution in [0.5, 0.6) is 5.75 Å². The molecule has 2 N–H and O–H groups in total. The second-order valence-corrected chi connectivity index (χ2v) is 9.43. The highest BCUT2D eigenvalue weighted by molar-refractivity contribution is 6.06. The molecule has 1 atom stereocenters. The standard InChI is InChI=1S/C30H34N4O5/c1-37-29(35)26-25(21-10-6-5-7-11-21)24(20-31)28(32)34(27(26)30(36)38-2)22-12-14-23(15-13-22)39-19-18-33-16-8-3-4-9-17-33/h5-7,10-15,25H,3-4,8-9,16-19,32H2,1-2H3. The minimum Gasteiger partial charge on any atom is -0.492 e. The average Bonchev–Trinajstić information content (AvgIpc) is 3.25. The molecule has 2 aromatic rings. The molecule has 0 aliphatic carbocycles. The third-order valence-corrected chi connectivity index (χ3v) is 7.08. The van der Waals surface area contributed by atoms with E-state index in [0.29, 0.717) is 23.6 Å². The van der Waals surface area contributed by atoms with Crippen molar-refractivity contribution >= 4 is 17.6 Å². The van der Waals surface area contributed by atoms with Gasteiger partial charge in [0.1, 0.15) is 23.9 Å². The molecule has 1 saturated heterocycles. The molecule has 2 aromatic carbocycles. The van der Waals surface area contributed by atoms with Crippen molar-refractivity contribution in [3.63, 3.8) is 0 Å². The van der Waals surface area contributed by atoms with E-state index in [9.17, 15) is 14.9 Å². The quantitative estimate of drug-likeness (QED) is 0.508. The van der Waals surface area contributed by atoms with Gasteiger partial charge in [-0.15, -0.1) is 0 Å². The molecule has 0 bridgehead atoms. The summed E-state index contributed by atoms with van der Waals surface area (Å²) in [6.07, 6.45) is 5.01. The number of esters is 2. The molecule has 4 rings (SSSR count). The maximum absolute atomic E-state index is 13.2. The van der Waals surface area contributed by atoms with Crippen LogP contribution in [0.4, 0.5) is 5.69 Å². The molecule has 1 fully saturated rings. The molecule has 2 aliphatic rings. The number of ether oxygens (including phenoxy) is 3. The summed E-state index contributed by atoms with van der Waals surface area (Å²) in [4.78, 5) is 30.1. The fraction of sp³-hybridized carbons (Fsp3) is 0.367. The van der Waals surface area contributed by atoms with Gasteiger partial charge in [0.2, 0.25) is 0 Å². The first-order chi connectivity index (χ1) is 19.0.